The Morgan fingerprint density at radius 1 is 1.26 bits per heavy atom. The number of aromatic nitrogens is 2. The molecule has 0 radical (unpaired) electrons. The van der Waals surface area contributed by atoms with Crippen LogP contribution in [-0.2, 0) is 45.9 Å². The van der Waals surface area contributed by atoms with Gasteiger partial charge in [-0.2, -0.15) is 0 Å². The van der Waals surface area contributed by atoms with Gasteiger partial charge in [0.2, 0.25) is 5.91 Å². The Bertz CT molecular complexity index is 1540. The van der Waals surface area contributed by atoms with E-state index in [9.17, 15) is 29.0 Å². The van der Waals surface area contributed by atoms with E-state index in [4.69, 9.17) is 10.5 Å². The number of aromatic hydroxyl groups is 1. The molecule has 34 heavy (non-hydrogen) atoms. The summed E-state index contributed by atoms with van der Waals surface area (Å²) in [5, 5.41) is 22.0. The van der Waals surface area contributed by atoms with Crippen LogP contribution in [0.2, 0.25) is 0 Å². The number of carbonyl (C=O) groups is 2. The van der Waals surface area contributed by atoms with Crippen LogP contribution in [0.15, 0.2) is 16.9 Å². The van der Waals surface area contributed by atoms with Crippen molar-refractivity contribution in [2.45, 2.75) is 44.9 Å². The average Bonchev–Trinajstić information content (AvgIpc) is 3.19. The molecule has 0 saturated carbocycles. The number of benzene rings is 1. The fourth-order valence-electron chi connectivity index (χ4n) is 5.57. The maximum Gasteiger partial charge on any atom is 0.343 e. The van der Waals surface area contributed by atoms with Crippen LogP contribution in [0, 0.1) is 11.7 Å². The van der Waals surface area contributed by atoms with Crippen molar-refractivity contribution in [1.29, 1.82) is 0 Å². The number of amides is 1. The highest BCUT2D eigenvalue weighted by molar-refractivity contribution is 5.95. The number of ether oxygens (including phenoxy) is 1. The normalized spacial score (nSPS) is 22.2. The Labute approximate surface area is 191 Å². The molecule has 4 heterocycles. The molecule has 2 aromatic heterocycles. The first-order chi connectivity index (χ1) is 16.2. The van der Waals surface area contributed by atoms with Crippen molar-refractivity contribution in [1.82, 2.24) is 9.55 Å². The van der Waals surface area contributed by atoms with Crippen molar-refractivity contribution >= 4 is 22.8 Å². The van der Waals surface area contributed by atoms with Gasteiger partial charge >= 0.3 is 5.97 Å². The zero-order valence-electron chi connectivity index (χ0n) is 18.1. The molecule has 10 heteroatoms. The van der Waals surface area contributed by atoms with Crippen LogP contribution < -0.4 is 11.3 Å². The number of halogens is 1. The molecular weight excluding hydrogens is 445 g/mol. The van der Waals surface area contributed by atoms with Gasteiger partial charge in [-0.05, 0) is 30.9 Å². The largest absolute Gasteiger partial charge is 0.505 e. The minimum absolute atomic E-state index is 0.0130. The van der Waals surface area contributed by atoms with E-state index < -0.39 is 40.5 Å². The van der Waals surface area contributed by atoms with E-state index >= 15 is 0 Å². The van der Waals surface area contributed by atoms with E-state index in [0.29, 0.717) is 27.9 Å². The lowest BCUT2D eigenvalue weighted by molar-refractivity contribution is -0.172. The average molecular weight is 465 g/mol. The summed E-state index contributed by atoms with van der Waals surface area (Å²) in [4.78, 5) is 42.4. The number of carbonyl (C=O) groups excluding carboxylic acids is 2. The first-order valence-electron chi connectivity index (χ1n) is 11.0. The van der Waals surface area contributed by atoms with Crippen molar-refractivity contribution in [2.24, 2.45) is 11.7 Å². The van der Waals surface area contributed by atoms with Gasteiger partial charge < -0.3 is 25.3 Å². The third-order valence-electron chi connectivity index (χ3n) is 7.42. The monoisotopic (exact) mass is 465 g/mol. The zero-order chi connectivity index (χ0) is 24.1. The second kappa shape index (κ2) is 6.63. The quantitative estimate of drug-likeness (QED) is 0.376. The van der Waals surface area contributed by atoms with E-state index in [1.807, 2.05) is 0 Å². The second-order valence-electron chi connectivity index (χ2n) is 9.11. The van der Waals surface area contributed by atoms with Gasteiger partial charge in [0, 0.05) is 34.1 Å². The Hall–Kier alpha value is -3.79. The molecule has 1 amide bonds. The summed E-state index contributed by atoms with van der Waals surface area (Å²) in [5.41, 5.74) is 6.26. The molecule has 1 aliphatic carbocycles. The van der Waals surface area contributed by atoms with E-state index in [2.05, 4.69) is 4.98 Å². The van der Waals surface area contributed by atoms with Crippen LogP contribution in [-0.4, -0.2) is 31.6 Å². The molecule has 6 rings (SSSR count). The summed E-state index contributed by atoms with van der Waals surface area (Å²) in [6.45, 7) is 1.50. The molecule has 0 bridgehead atoms. The standard InChI is InChI=1S/C24H20FN3O6/c1-2-24(33)14-5-17-19-12(7-28(17)22(31)13(14)8-34-23(24)32)10-3-9(21(26)30)4-11-18(10)16(27-19)6-15(25)20(11)29/h5-6,9,29,33H,2-4,7-8H2,1H3,(H2,26,30)/t9?,24-/m0/s1. The van der Waals surface area contributed by atoms with Crippen molar-refractivity contribution in [3.63, 3.8) is 0 Å². The van der Waals surface area contributed by atoms with Gasteiger partial charge in [0.15, 0.2) is 17.2 Å². The molecule has 1 aromatic carbocycles. The van der Waals surface area contributed by atoms with E-state index in [-0.39, 0.29) is 54.6 Å². The molecule has 2 aliphatic heterocycles. The first-order valence-corrected chi connectivity index (χ1v) is 11.0. The number of phenolic OH excluding ortho intramolecular Hbond substituents is 1. The molecule has 0 saturated heterocycles. The summed E-state index contributed by atoms with van der Waals surface area (Å²) in [7, 11) is 0. The molecule has 2 atom stereocenters. The van der Waals surface area contributed by atoms with Crippen LogP contribution in [0.1, 0.15) is 41.2 Å². The van der Waals surface area contributed by atoms with Gasteiger partial charge in [0.25, 0.3) is 5.56 Å². The maximum absolute atomic E-state index is 14.6. The summed E-state index contributed by atoms with van der Waals surface area (Å²) in [6.07, 6.45) is 0.365. The number of aliphatic hydroxyl groups is 1. The molecule has 1 unspecified atom stereocenters. The summed E-state index contributed by atoms with van der Waals surface area (Å²) < 4.78 is 21.1. The topological polar surface area (TPSA) is 145 Å². The minimum atomic E-state index is -1.96. The smallest absolute Gasteiger partial charge is 0.343 e. The Kier molecular flexibility index (Phi) is 4.05. The minimum Gasteiger partial charge on any atom is -0.505 e. The highest BCUT2D eigenvalue weighted by atomic mass is 19.1. The van der Waals surface area contributed by atoms with Crippen molar-refractivity contribution in [3.05, 3.63) is 56.1 Å². The predicted molar refractivity (Wildman–Crippen MR) is 116 cm³/mol. The molecule has 3 aromatic rings. The number of fused-ring (bicyclic) bond motifs is 5. The number of phenols is 1. The van der Waals surface area contributed by atoms with Gasteiger partial charge in [-0.3, -0.25) is 9.59 Å². The fourth-order valence-corrected chi connectivity index (χ4v) is 5.57. The molecular formula is C24H20FN3O6. The molecule has 4 N–H and O–H groups in total. The zero-order valence-corrected chi connectivity index (χ0v) is 18.1. The third-order valence-corrected chi connectivity index (χ3v) is 7.42. The van der Waals surface area contributed by atoms with Crippen LogP contribution in [0.5, 0.6) is 5.75 Å². The lowest BCUT2D eigenvalue weighted by atomic mass is 9.80. The van der Waals surface area contributed by atoms with Crippen molar-refractivity contribution < 1.29 is 28.9 Å². The fraction of sp³-hybridized carbons (Fsp3) is 0.333. The molecule has 174 valence electrons. The maximum atomic E-state index is 14.6. The summed E-state index contributed by atoms with van der Waals surface area (Å²) in [5.74, 6) is -3.44. The molecule has 0 fully saturated rings. The Morgan fingerprint density at radius 2 is 2.00 bits per heavy atom. The highest BCUT2D eigenvalue weighted by Crippen LogP contribution is 2.45. The number of cyclic esters (lactones) is 1. The lowest BCUT2D eigenvalue weighted by Crippen LogP contribution is -2.44. The van der Waals surface area contributed by atoms with Gasteiger partial charge in [-0.25, -0.2) is 14.2 Å². The molecule has 0 spiro atoms. The summed E-state index contributed by atoms with van der Waals surface area (Å²) in [6, 6.07) is 2.70. The van der Waals surface area contributed by atoms with Crippen LogP contribution in [0.4, 0.5) is 4.39 Å². The van der Waals surface area contributed by atoms with E-state index in [0.717, 1.165) is 6.07 Å². The number of rotatable bonds is 2. The number of pyridine rings is 2. The Morgan fingerprint density at radius 3 is 2.71 bits per heavy atom. The second-order valence-corrected chi connectivity index (χ2v) is 9.11. The van der Waals surface area contributed by atoms with Gasteiger partial charge in [-0.15, -0.1) is 0 Å². The lowest BCUT2D eigenvalue weighted by Gasteiger charge is -2.31. The molecule has 3 aliphatic rings. The van der Waals surface area contributed by atoms with Crippen LogP contribution in [0.3, 0.4) is 0 Å². The number of nitrogens with two attached hydrogens (primary N) is 1. The number of hydrogen-bond acceptors (Lipinski definition) is 7. The van der Waals surface area contributed by atoms with Crippen LogP contribution >= 0.6 is 0 Å². The number of nitrogens with zero attached hydrogens (tertiary/aromatic N) is 2. The summed E-state index contributed by atoms with van der Waals surface area (Å²) >= 11 is 0. The van der Waals surface area contributed by atoms with E-state index in [1.54, 1.807) is 13.0 Å². The number of primary amides is 1. The SMILES string of the molecule is CC[C@@]1(O)C(=O)OCc2c1cc1n(c2=O)Cc2c-1nc1cc(F)c(O)c3c1c2CC(C(N)=O)C3. The number of esters is 1. The highest BCUT2D eigenvalue weighted by Gasteiger charge is 2.45. The Balaban J connectivity index is 1.67. The molecule has 9 nitrogen and oxygen atoms in total. The predicted octanol–water partition coefficient (Wildman–Crippen LogP) is 1.12. The number of hydrogen-bond donors (Lipinski definition) is 3. The van der Waals surface area contributed by atoms with Gasteiger partial charge in [0.1, 0.15) is 6.61 Å². The van der Waals surface area contributed by atoms with Crippen molar-refractivity contribution in [2.75, 3.05) is 0 Å². The van der Waals surface area contributed by atoms with Gasteiger partial charge in [0.05, 0.1) is 29.0 Å². The third kappa shape index (κ3) is 2.46. The van der Waals surface area contributed by atoms with Crippen LogP contribution in [0.25, 0.3) is 22.3 Å². The first kappa shape index (κ1) is 20.8. The van der Waals surface area contributed by atoms with Crippen molar-refractivity contribution in [3.8, 4) is 17.1 Å². The van der Waals surface area contributed by atoms with Gasteiger partial charge in [-0.1, -0.05) is 6.92 Å². The van der Waals surface area contributed by atoms with E-state index in [1.165, 1.54) is 4.57 Å².